The van der Waals surface area contributed by atoms with E-state index in [4.69, 9.17) is 14.2 Å². The zero-order chi connectivity index (χ0) is 28.9. The number of carboxylic acids is 1. The summed E-state index contributed by atoms with van der Waals surface area (Å²) in [6.45, 7) is 7.41. The minimum atomic E-state index is -0.906. The zero-order valence-corrected chi connectivity index (χ0v) is 23.9. The van der Waals surface area contributed by atoms with Crippen molar-refractivity contribution in [3.8, 4) is 17.2 Å². The summed E-state index contributed by atoms with van der Waals surface area (Å²) in [6.07, 6.45) is 2.50. The lowest BCUT2D eigenvalue weighted by Crippen LogP contribution is -2.35. The van der Waals surface area contributed by atoms with Gasteiger partial charge in [-0.1, -0.05) is 57.2 Å². The SMILES string of the molecule is CCCOc1ccc([C@H]2[C@@H](C(=O)O)[C@H](c3ccc4c(c3)OCO4)CN2CC(=O)Nc2c(CC)cccc2CC)cc1. The molecule has 3 aromatic rings. The average molecular weight is 559 g/mol. The van der Waals surface area contributed by atoms with Crippen LogP contribution in [0.25, 0.3) is 0 Å². The van der Waals surface area contributed by atoms with Crippen molar-refractivity contribution in [2.24, 2.45) is 5.92 Å². The van der Waals surface area contributed by atoms with E-state index in [1.54, 1.807) is 0 Å². The third-order valence-corrected chi connectivity index (χ3v) is 8.01. The highest BCUT2D eigenvalue weighted by molar-refractivity contribution is 5.94. The van der Waals surface area contributed by atoms with Crippen LogP contribution in [0.3, 0.4) is 0 Å². The first-order valence-electron chi connectivity index (χ1n) is 14.4. The number of aryl methyl sites for hydroxylation is 2. The van der Waals surface area contributed by atoms with Crippen molar-refractivity contribution in [3.63, 3.8) is 0 Å². The number of para-hydroxylation sites is 1. The van der Waals surface area contributed by atoms with Crippen LogP contribution in [-0.2, 0) is 22.4 Å². The number of nitrogens with one attached hydrogen (secondary N) is 1. The topological polar surface area (TPSA) is 97.3 Å². The molecule has 0 radical (unpaired) electrons. The van der Waals surface area contributed by atoms with Gasteiger partial charge in [-0.25, -0.2) is 0 Å². The Bertz CT molecular complexity index is 1370. The predicted molar refractivity (Wildman–Crippen MR) is 157 cm³/mol. The molecule has 3 aromatic carbocycles. The molecule has 0 unspecified atom stereocenters. The summed E-state index contributed by atoms with van der Waals surface area (Å²) in [5.74, 6) is -0.207. The fourth-order valence-corrected chi connectivity index (χ4v) is 6.02. The Kier molecular flexibility index (Phi) is 8.78. The molecule has 3 atom stereocenters. The third kappa shape index (κ3) is 6.03. The molecule has 41 heavy (non-hydrogen) atoms. The molecule has 1 amide bonds. The smallest absolute Gasteiger partial charge is 0.309 e. The number of ether oxygens (including phenoxy) is 3. The van der Waals surface area contributed by atoms with Crippen LogP contribution >= 0.6 is 0 Å². The lowest BCUT2D eigenvalue weighted by molar-refractivity contribution is -0.143. The van der Waals surface area contributed by atoms with E-state index >= 15 is 0 Å². The van der Waals surface area contributed by atoms with Gasteiger partial charge in [-0.3, -0.25) is 14.5 Å². The Labute approximate surface area is 241 Å². The Morgan fingerprint density at radius 3 is 2.29 bits per heavy atom. The van der Waals surface area contributed by atoms with Gasteiger partial charge in [0, 0.05) is 24.2 Å². The first kappa shape index (κ1) is 28.5. The van der Waals surface area contributed by atoms with E-state index in [9.17, 15) is 14.7 Å². The highest BCUT2D eigenvalue weighted by atomic mass is 16.7. The van der Waals surface area contributed by atoms with Crippen LogP contribution in [0.5, 0.6) is 17.2 Å². The number of nitrogens with zero attached hydrogens (tertiary/aromatic N) is 1. The van der Waals surface area contributed by atoms with Crippen molar-refractivity contribution in [2.75, 3.05) is 31.8 Å². The Balaban J connectivity index is 1.47. The molecule has 1 fully saturated rings. The molecule has 2 heterocycles. The molecule has 0 spiro atoms. The summed E-state index contributed by atoms with van der Waals surface area (Å²) in [5, 5.41) is 13.7. The lowest BCUT2D eigenvalue weighted by atomic mass is 9.82. The molecule has 2 aliphatic rings. The molecule has 0 aromatic heterocycles. The van der Waals surface area contributed by atoms with Gasteiger partial charge >= 0.3 is 5.97 Å². The summed E-state index contributed by atoms with van der Waals surface area (Å²) in [5.41, 5.74) is 4.71. The number of likely N-dealkylation sites (tertiary alicyclic amines) is 1. The molecule has 8 heteroatoms. The second-order valence-electron chi connectivity index (χ2n) is 10.6. The van der Waals surface area contributed by atoms with E-state index in [2.05, 4.69) is 19.2 Å². The molecule has 0 bridgehead atoms. The number of hydrogen-bond donors (Lipinski definition) is 2. The number of hydrogen-bond acceptors (Lipinski definition) is 6. The molecule has 2 N–H and O–H groups in total. The number of aliphatic carboxylic acids is 1. The fourth-order valence-electron chi connectivity index (χ4n) is 6.02. The zero-order valence-electron chi connectivity index (χ0n) is 23.9. The van der Waals surface area contributed by atoms with Crippen LogP contribution in [-0.4, -0.2) is 48.4 Å². The number of carboxylic acid groups (broad SMARTS) is 1. The quantitative estimate of drug-likeness (QED) is 0.307. The number of carbonyl (C=O) groups is 2. The molecular formula is C33H38N2O6. The molecule has 0 aliphatic carbocycles. The predicted octanol–water partition coefficient (Wildman–Crippen LogP) is 5.81. The number of anilines is 1. The van der Waals surface area contributed by atoms with Crippen LogP contribution in [0.4, 0.5) is 5.69 Å². The molecule has 5 rings (SSSR count). The lowest BCUT2D eigenvalue weighted by Gasteiger charge is -2.27. The maximum atomic E-state index is 13.6. The molecule has 0 saturated carbocycles. The number of rotatable bonds is 11. The first-order valence-corrected chi connectivity index (χ1v) is 14.4. The normalized spacial score (nSPS) is 19.7. The van der Waals surface area contributed by atoms with Gasteiger partial charge in [-0.2, -0.15) is 0 Å². The number of fused-ring (bicyclic) bond motifs is 1. The van der Waals surface area contributed by atoms with Gasteiger partial charge in [0.2, 0.25) is 12.7 Å². The van der Waals surface area contributed by atoms with Gasteiger partial charge in [0.05, 0.1) is 19.1 Å². The molecule has 2 aliphatic heterocycles. The summed E-state index contributed by atoms with van der Waals surface area (Å²) in [7, 11) is 0. The second kappa shape index (κ2) is 12.6. The molecule has 1 saturated heterocycles. The van der Waals surface area contributed by atoms with Crippen LogP contribution in [0.15, 0.2) is 60.7 Å². The van der Waals surface area contributed by atoms with Crippen molar-refractivity contribution >= 4 is 17.6 Å². The minimum Gasteiger partial charge on any atom is -0.494 e. The van der Waals surface area contributed by atoms with Crippen LogP contribution in [0.1, 0.15) is 61.4 Å². The third-order valence-electron chi connectivity index (χ3n) is 8.01. The van der Waals surface area contributed by atoms with E-state index in [1.165, 1.54) is 0 Å². The Hall–Kier alpha value is -4.04. The number of amides is 1. The largest absolute Gasteiger partial charge is 0.494 e. The highest BCUT2D eigenvalue weighted by Gasteiger charge is 2.48. The van der Waals surface area contributed by atoms with Crippen LogP contribution in [0, 0.1) is 5.92 Å². The standard InChI is InChI=1S/C33H38N2O6/c1-4-16-39-25-13-10-23(11-14-25)32-30(33(37)38)26(24-12-15-27-28(17-24)41-20-40-27)18-35(32)19-29(36)34-31-21(5-2)8-7-9-22(31)6-3/h7-15,17,26,30,32H,4-6,16,18-20H2,1-3H3,(H,34,36)(H,37,38)/t26-,30-,32-/m0/s1. The Morgan fingerprint density at radius 1 is 0.951 bits per heavy atom. The summed E-state index contributed by atoms with van der Waals surface area (Å²) >= 11 is 0. The van der Waals surface area contributed by atoms with Gasteiger partial charge in [0.25, 0.3) is 0 Å². The first-order chi connectivity index (χ1) is 19.9. The average Bonchev–Trinajstić information content (AvgIpc) is 3.61. The van der Waals surface area contributed by atoms with Crippen molar-refractivity contribution < 1.29 is 28.9 Å². The van der Waals surface area contributed by atoms with E-state index in [1.807, 2.05) is 72.5 Å². The molecule has 216 valence electrons. The van der Waals surface area contributed by atoms with E-state index in [-0.39, 0.29) is 25.2 Å². The van der Waals surface area contributed by atoms with Gasteiger partial charge < -0.3 is 24.6 Å². The van der Waals surface area contributed by atoms with Crippen molar-refractivity contribution in [1.29, 1.82) is 0 Å². The highest BCUT2D eigenvalue weighted by Crippen LogP contribution is 2.47. The van der Waals surface area contributed by atoms with Crippen molar-refractivity contribution in [3.05, 3.63) is 82.9 Å². The van der Waals surface area contributed by atoms with Crippen LogP contribution in [0.2, 0.25) is 0 Å². The van der Waals surface area contributed by atoms with E-state index in [0.29, 0.717) is 24.7 Å². The maximum absolute atomic E-state index is 13.6. The summed E-state index contributed by atoms with van der Waals surface area (Å²) < 4.78 is 16.8. The Morgan fingerprint density at radius 2 is 1.63 bits per heavy atom. The van der Waals surface area contributed by atoms with Crippen LogP contribution < -0.4 is 19.5 Å². The fraction of sp³-hybridized carbons (Fsp3) is 0.394. The monoisotopic (exact) mass is 558 g/mol. The van der Waals surface area contributed by atoms with Gasteiger partial charge in [-0.05, 0) is 65.8 Å². The number of benzene rings is 3. The summed E-state index contributed by atoms with van der Waals surface area (Å²) in [6, 6.07) is 18.8. The second-order valence-corrected chi connectivity index (χ2v) is 10.6. The van der Waals surface area contributed by atoms with Gasteiger partial charge in [0.15, 0.2) is 11.5 Å². The maximum Gasteiger partial charge on any atom is 0.309 e. The van der Waals surface area contributed by atoms with E-state index in [0.717, 1.165) is 53.0 Å². The van der Waals surface area contributed by atoms with E-state index < -0.39 is 17.9 Å². The number of carbonyl (C=O) groups excluding carboxylic acids is 1. The summed E-state index contributed by atoms with van der Waals surface area (Å²) in [4.78, 5) is 28.5. The van der Waals surface area contributed by atoms with Gasteiger partial charge in [0.1, 0.15) is 5.75 Å². The molecular weight excluding hydrogens is 520 g/mol. The van der Waals surface area contributed by atoms with Gasteiger partial charge in [-0.15, -0.1) is 0 Å². The minimum absolute atomic E-state index is 0.0603. The van der Waals surface area contributed by atoms with Crippen molar-refractivity contribution in [1.82, 2.24) is 4.90 Å². The van der Waals surface area contributed by atoms with Crippen molar-refractivity contribution in [2.45, 2.75) is 52.0 Å². The molecule has 8 nitrogen and oxygen atoms in total.